The average molecular weight is 652 g/mol. The summed E-state index contributed by atoms with van der Waals surface area (Å²) in [6, 6.07) is 9.36. The van der Waals surface area contributed by atoms with Crippen LogP contribution in [0.3, 0.4) is 0 Å². The van der Waals surface area contributed by atoms with Crippen LogP contribution in [0.5, 0.6) is 5.75 Å². The van der Waals surface area contributed by atoms with Gasteiger partial charge in [0.1, 0.15) is 5.75 Å². The standard InChI is InChI=1S/C19H7F7O4S.Eu.2H2O/c20-17(21,18(22,23)19(24,25)26)15(28)11-12(27)9-6-5-8-7-3-1-2-4-10(7)31-14(8)13(9)30-16(11)29;;;/h1-6,27H;;2*1H2. The molecule has 0 saturated heterocycles. The van der Waals surface area contributed by atoms with Crippen molar-refractivity contribution in [3.05, 3.63) is 52.4 Å². The molecule has 5 N–H and O–H groups in total. The van der Waals surface area contributed by atoms with Gasteiger partial charge in [-0.1, -0.05) is 24.3 Å². The summed E-state index contributed by atoms with van der Waals surface area (Å²) in [4.78, 5) is 24.1. The number of benzene rings is 2. The van der Waals surface area contributed by atoms with E-state index in [1.54, 1.807) is 24.3 Å². The zero-order valence-corrected chi connectivity index (χ0v) is 19.3. The van der Waals surface area contributed by atoms with E-state index >= 15 is 0 Å². The molecule has 0 aliphatic rings. The fourth-order valence-electron chi connectivity index (χ4n) is 3.10. The van der Waals surface area contributed by atoms with Crippen molar-refractivity contribution in [2.75, 3.05) is 0 Å². The fraction of sp³-hybridized carbons (Fsp3) is 0.158. The number of carbonyl (C=O) groups is 1. The molecule has 15 heteroatoms. The molecule has 185 valence electrons. The van der Waals surface area contributed by atoms with Crippen LogP contribution in [-0.2, 0) is 0 Å². The Kier molecular flexibility index (Phi) is 8.74. The van der Waals surface area contributed by atoms with E-state index in [9.17, 15) is 45.4 Å². The Hall–Kier alpha value is -1.65. The first-order valence-electron chi connectivity index (χ1n) is 8.26. The van der Waals surface area contributed by atoms with Crippen molar-refractivity contribution in [1.82, 2.24) is 0 Å². The number of aromatic hydroxyl groups is 1. The van der Waals surface area contributed by atoms with Crippen LogP contribution in [-0.4, -0.2) is 39.9 Å². The van der Waals surface area contributed by atoms with Crippen LogP contribution in [0.15, 0.2) is 45.6 Å². The number of fused-ring (bicyclic) bond motifs is 5. The molecular formula is C19H11EuF7O6S. The summed E-state index contributed by atoms with van der Waals surface area (Å²) in [5.74, 6) is -17.8. The molecule has 0 bridgehead atoms. The number of thiophene rings is 1. The van der Waals surface area contributed by atoms with Crippen LogP contribution in [0.1, 0.15) is 10.4 Å². The maximum absolute atomic E-state index is 13.8. The number of hydrogen-bond donors (Lipinski definition) is 1. The van der Waals surface area contributed by atoms with Crippen LogP contribution in [0.2, 0.25) is 0 Å². The van der Waals surface area contributed by atoms with Crippen molar-refractivity contribution in [3.8, 4) is 5.75 Å². The van der Waals surface area contributed by atoms with Crippen molar-refractivity contribution in [2.45, 2.75) is 18.0 Å². The first-order valence-corrected chi connectivity index (χ1v) is 9.08. The molecule has 4 aromatic rings. The molecule has 0 aliphatic carbocycles. The minimum Gasteiger partial charge on any atom is -0.506 e. The van der Waals surface area contributed by atoms with Crippen molar-refractivity contribution >= 4 is 48.3 Å². The van der Waals surface area contributed by atoms with Gasteiger partial charge in [0, 0.05) is 64.8 Å². The summed E-state index contributed by atoms with van der Waals surface area (Å²) >= 11 is 1.09. The van der Waals surface area contributed by atoms with E-state index in [4.69, 9.17) is 4.42 Å². The molecule has 0 unspecified atom stereocenters. The number of alkyl halides is 7. The van der Waals surface area contributed by atoms with E-state index in [1.165, 1.54) is 6.07 Å². The van der Waals surface area contributed by atoms with Crippen LogP contribution in [0.4, 0.5) is 30.7 Å². The van der Waals surface area contributed by atoms with Crippen LogP contribution in [0.25, 0.3) is 31.1 Å². The van der Waals surface area contributed by atoms with E-state index in [0.717, 1.165) is 27.5 Å². The van der Waals surface area contributed by atoms with Crippen LogP contribution in [0, 0.1) is 49.4 Å². The minimum absolute atomic E-state index is 0. The number of ketones is 1. The van der Waals surface area contributed by atoms with Gasteiger partial charge in [-0.3, -0.25) is 4.79 Å². The number of hydrogen-bond acceptors (Lipinski definition) is 5. The average Bonchev–Trinajstić information content (AvgIpc) is 3.06. The summed E-state index contributed by atoms with van der Waals surface area (Å²) in [6.45, 7) is 0. The molecule has 1 radical (unpaired) electrons. The van der Waals surface area contributed by atoms with Gasteiger partial charge in [0.05, 0.1) is 10.1 Å². The van der Waals surface area contributed by atoms with Gasteiger partial charge in [0.15, 0.2) is 11.1 Å². The number of Topliss-reactive ketones (excluding diaryl/α,β-unsaturated/α-hetero) is 1. The molecule has 2 aromatic carbocycles. The summed E-state index contributed by atoms with van der Waals surface area (Å²) < 4.78 is 97.1. The molecule has 0 fully saturated rings. The molecule has 0 atom stereocenters. The topological polar surface area (TPSA) is 131 Å². The second-order valence-electron chi connectivity index (χ2n) is 6.51. The SMILES string of the molecule is O.O.O=C(c1c(O)c2ccc3c4ccccc4sc3c2oc1=O)C(F)(F)C(F)(F)C(F)(F)F.[Eu]. The van der Waals surface area contributed by atoms with E-state index in [0.29, 0.717) is 5.39 Å². The van der Waals surface area contributed by atoms with Gasteiger partial charge in [-0.15, -0.1) is 11.3 Å². The summed E-state index contributed by atoms with van der Waals surface area (Å²) in [7, 11) is 0. The number of carbonyl (C=O) groups excluding carboxylic acids is 1. The minimum atomic E-state index is -6.79. The molecule has 2 aromatic heterocycles. The second kappa shape index (κ2) is 9.78. The van der Waals surface area contributed by atoms with E-state index < -0.39 is 46.1 Å². The van der Waals surface area contributed by atoms with E-state index in [-0.39, 0.29) is 70.6 Å². The monoisotopic (exact) mass is 653 g/mol. The molecule has 0 amide bonds. The number of halogens is 7. The Bertz CT molecular complexity index is 1440. The van der Waals surface area contributed by atoms with Gasteiger partial charge < -0.3 is 20.5 Å². The zero-order chi connectivity index (χ0) is 22.9. The fourth-order valence-corrected chi connectivity index (χ4v) is 4.29. The zero-order valence-electron chi connectivity index (χ0n) is 16.1. The first kappa shape index (κ1) is 30.4. The van der Waals surface area contributed by atoms with Gasteiger partial charge in [0.2, 0.25) is 5.78 Å². The Morgan fingerprint density at radius 3 is 2.03 bits per heavy atom. The Labute approximate surface area is 228 Å². The third-order valence-corrected chi connectivity index (χ3v) is 5.84. The van der Waals surface area contributed by atoms with Crippen molar-refractivity contribution in [1.29, 1.82) is 0 Å². The quantitative estimate of drug-likeness (QED) is 0.202. The first-order chi connectivity index (χ1) is 14.3. The van der Waals surface area contributed by atoms with E-state index in [2.05, 4.69) is 0 Å². The normalized spacial score (nSPS) is 12.2. The molecule has 2 heterocycles. The Morgan fingerprint density at radius 2 is 1.44 bits per heavy atom. The third-order valence-electron chi connectivity index (χ3n) is 4.65. The molecular weight excluding hydrogens is 641 g/mol. The van der Waals surface area contributed by atoms with Crippen LogP contribution >= 0.6 is 11.3 Å². The van der Waals surface area contributed by atoms with E-state index in [1.807, 2.05) is 0 Å². The van der Waals surface area contributed by atoms with Gasteiger partial charge in [-0.05, 0) is 12.1 Å². The Morgan fingerprint density at radius 1 is 0.882 bits per heavy atom. The van der Waals surface area contributed by atoms with Gasteiger partial charge >= 0.3 is 23.6 Å². The summed E-state index contributed by atoms with van der Waals surface area (Å²) in [5.41, 5.74) is -4.30. The summed E-state index contributed by atoms with van der Waals surface area (Å²) in [6.07, 6.45) is -6.79. The second-order valence-corrected chi connectivity index (χ2v) is 7.56. The smallest absolute Gasteiger partial charge is 0.460 e. The molecule has 0 spiro atoms. The molecule has 4 rings (SSSR count). The van der Waals surface area contributed by atoms with Crippen molar-refractivity contribution < 1.29 is 105 Å². The maximum Gasteiger partial charge on any atom is 0.460 e. The predicted molar refractivity (Wildman–Crippen MR) is 105 cm³/mol. The van der Waals surface area contributed by atoms with Crippen molar-refractivity contribution in [3.63, 3.8) is 0 Å². The largest absolute Gasteiger partial charge is 0.506 e. The predicted octanol–water partition coefficient (Wildman–Crippen LogP) is 4.23. The van der Waals surface area contributed by atoms with Crippen molar-refractivity contribution in [2.24, 2.45) is 0 Å². The molecule has 34 heavy (non-hydrogen) atoms. The number of rotatable bonds is 3. The molecule has 0 aliphatic heterocycles. The Balaban J connectivity index is 0.00000193. The summed E-state index contributed by atoms with van der Waals surface area (Å²) in [5, 5.41) is 11.0. The van der Waals surface area contributed by atoms with Gasteiger partial charge in [-0.25, -0.2) is 4.79 Å². The third kappa shape index (κ3) is 4.26. The van der Waals surface area contributed by atoms with Gasteiger partial charge in [0.25, 0.3) is 0 Å². The van der Waals surface area contributed by atoms with Crippen LogP contribution < -0.4 is 5.63 Å². The molecule has 0 saturated carbocycles. The van der Waals surface area contributed by atoms with Gasteiger partial charge in [-0.2, -0.15) is 30.7 Å². The molecule has 6 nitrogen and oxygen atoms in total. The maximum atomic E-state index is 13.8.